The molecule has 1 amide bonds. The largest absolute Gasteiger partial charge is 0.505 e. The van der Waals surface area contributed by atoms with Gasteiger partial charge in [0.1, 0.15) is 5.56 Å². The van der Waals surface area contributed by atoms with Crippen LogP contribution in [0.3, 0.4) is 0 Å². The molecule has 0 unspecified atom stereocenters. The van der Waals surface area contributed by atoms with Gasteiger partial charge in [0, 0.05) is 17.2 Å². The molecular weight excluding hydrogens is 368 g/mol. The van der Waals surface area contributed by atoms with E-state index in [-0.39, 0.29) is 11.3 Å². The Morgan fingerprint density at radius 2 is 2.14 bits per heavy atom. The summed E-state index contributed by atoms with van der Waals surface area (Å²) in [5.74, 6) is -0.910. The Morgan fingerprint density at radius 3 is 2.86 bits per heavy atom. The third-order valence-corrected chi connectivity index (χ3v) is 4.69. The quantitative estimate of drug-likeness (QED) is 0.718. The molecular formula is C15H11BrN2O3S. The Morgan fingerprint density at radius 1 is 1.36 bits per heavy atom. The minimum atomic E-state index is -0.633. The molecule has 0 saturated carbocycles. The van der Waals surface area contributed by atoms with Crippen molar-refractivity contribution in [2.75, 3.05) is 5.32 Å². The van der Waals surface area contributed by atoms with Crippen molar-refractivity contribution in [2.24, 2.45) is 7.05 Å². The van der Waals surface area contributed by atoms with Crippen molar-refractivity contribution in [3.63, 3.8) is 0 Å². The van der Waals surface area contributed by atoms with Gasteiger partial charge in [-0.1, -0.05) is 22.0 Å². The lowest BCUT2D eigenvalue weighted by atomic mass is 10.2. The number of rotatable bonds is 2. The monoisotopic (exact) mass is 378 g/mol. The number of carbonyl (C=O) groups is 1. The summed E-state index contributed by atoms with van der Waals surface area (Å²) >= 11 is 4.59. The van der Waals surface area contributed by atoms with E-state index in [4.69, 9.17) is 0 Å². The van der Waals surface area contributed by atoms with Gasteiger partial charge in [-0.25, -0.2) is 0 Å². The third kappa shape index (κ3) is 2.42. The fourth-order valence-electron chi connectivity index (χ4n) is 2.20. The Labute approximate surface area is 138 Å². The zero-order valence-corrected chi connectivity index (χ0v) is 13.9. The summed E-state index contributed by atoms with van der Waals surface area (Å²) in [4.78, 5) is 24.7. The number of aromatic hydroxyl groups is 1. The maximum absolute atomic E-state index is 12.4. The van der Waals surface area contributed by atoms with E-state index in [2.05, 4.69) is 21.2 Å². The Hall–Kier alpha value is -2.12. The number of nitrogens with one attached hydrogen (secondary N) is 1. The number of carbonyl (C=O) groups excluding carboxylic acids is 1. The molecule has 7 heteroatoms. The Kier molecular flexibility index (Phi) is 3.76. The molecule has 0 aliphatic rings. The second-order valence-corrected chi connectivity index (χ2v) is 6.52. The number of halogens is 1. The summed E-state index contributed by atoms with van der Waals surface area (Å²) in [5.41, 5.74) is 0.354. The number of benzene rings is 1. The molecule has 22 heavy (non-hydrogen) atoms. The highest BCUT2D eigenvalue weighted by Gasteiger charge is 2.21. The molecule has 0 aliphatic carbocycles. The second kappa shape index (κ2) is 5.58. The van der Waals surface area contributed by atoms with E-state index in [1.165, 1.54) is 15.9 Å². The van der Waals surface area contributed by atoms with Crippen molar-refractivity contribution in [3.8, 4) is 5.75 Å². The number of amides is 1. The maximum Gasteiger partial charge on any atom is 0.267 e. The SMILES string of the molecule is Cn1c(=O)c(C(=O)Nc2cccc(Br)c2)c(O)c2sccc21. The van der Waals surface area contributed by atoms with Gasteiger partial charge in [0.25, 0.3) is 11.5 Å². The first kappa shape index (κ1) is 14.8. The number of aromatic nitrogens is 1. The zero-order chi connectivity index (χ0) is 15.9. The van der Waals surface area contributed by atoms with E-state index in [0.717, 1.165) is 4.47 Å². The number of fused-ring (bicyclic) bond motifs is 1. The topological polar surface area (TPSA) is 71.3 Å². The Balaban J connectivity index is 2.10. The van der Waals surface area contributed by atoms with Crippen LogP contribution >= 0.6 is 27.3 Å². The third-order valence-electron chi connectivity index (χ3n) is 3.29. The first-order valence-corrected chi connectivity index (χ1v) is 8.02. The molecule has 2 heterocycles. The van der Waals surface area contributed by atoms with Crippen molar-refractivity contribution >= 4 is 49.1 Å². The average Bonchev–Trinajstić information content (AvgIpc) is 2.95. The molecule has 2 aromatic heterocycles. The summed E-state index contributed by atoms with van der Waals surface area (Å²) in [6.45, 7) is 0. The van der Waals surface area contributed by atoms with Gasteiger partial charge in [0.05, 0.1) is 10.2 Å². The minimum absolute atomic E-state index is 0.252. The predicted molar refractivity (Wildman–Crippen MR) is 90.8 cm³/mol. The highest BCUT2D eigenvalue weighted by molar-refractivity contribution is 9.10. The van der Waals surface area contributed by atoms with Gasteiger partial charge in [-0.15, -0.1) is 11.3 Å². The van der Waals surface area contributed by atoms with Crippen molar-refractivity contribution in [2.45, 2.75) is 0 Å². The fraction of sp³-hybridized carbons (Fsp3) is 0.0667. The molecule has 0 aliphatic heterocycles. The molecule has 0 saturated heterocycles. The van der Waals surface area contributed by atoms with Crippen LogP contribution in [0.5, 0.6) is 5.75 Å². The van der Waals surface area contributed by atoms with E-state index in [1.807, 2.05) is 6.07 Å². The first-order chi connectivity index (χ1) is 10.5. The standard InChI is InChI=1S/C15H11BrN2O3S/c1-18-10-5-6-22-13(10)12(19)11(15(18)21)14(20)17-9-4-2-3-8(16)7-9/h2-7,19H,1H3,(H,17,20). The molecule has 5 nitrogen and oxygen atoms in total. The van der Waals surface area contributed by atoms with Crippen molar-refractivity contribution in [1.29, 1.82) is 0 Å². The molecule has 3 aromatic rings. The molecule has 0 atom stereocenters. The van der Waals surface area contributed by atoms with Crippen LogP contribution < -0.4 is 10.9 Å². The molecule has 2 N–H and O–H groups in total. The molecule has 0 bridgehead atoms. The van der Waals surface area contributed by atoms with E-state index in [0.29, 0.717) is 15.9 Å². The zero-order valence-electron chi connectivity index (χ0n) is 11.5. The summed E-state index contributed by atoms with van der Waals surface area (Å²) in [6, 6.07) is 8.73. The van der Waals surface area contributed by atoms with Crippen molar-refractivity contribution < 1.29 is 9.90 Å². The van der Waals surface area contributed by atoms with E-state index in [1.54, 1.807) is 36.7 Å². The summed E-state index contributed by atoms with van der Waals surface area (Å²) in [7, 11) is 1.58. The molecule has 3 rings (SSSR count). The highest BCUT2D eigenvalue weighted by atomic mass is 79.9. The predicted octanol–water partition coefficient (Wildman–Crippen LogP) is 3.32. The Bertz CT molecular complexity index is 946. The highest BCUT2D eigenvalue weighted by Crippen LogP contribution is 2.31. The first-order valence-electron chi connectivity index (χ1n) is 6.35. The molecule has 0 fully saturated rings. The van der Waals surface area contributed by atoms with Gasteiger partial charge in [-0.05, 0) is 29.6 Å². The van der Waals surface area contributed by atoms with Crippen LogP contribution in [-0.4, -0.2) is 15.6 Å². The summed E-state index contributed by atoms with van der Waals surface area (Å²) in [5, 5.41) is 14.7. The molecule has 112 valence electrons. The minimum Gasteiger partial charge on any atom is -0.505 e. The van der Waals surface area contributed by atoms with Crippen LogP contribution in [-0.2, 0) is 7.05 Å². The normalized spacial score (nSPS) is 10.8. The molecule has 0 radical (unpaired) electrons. The average molecular weight is 379 g/mol. The number of anilines is 1. The van der Waals surface area contributed by atoms with Gasteiger partial charge in [0.15, 0.2) is 5.75 Å². The van der Waals surface area contributed by atoms with Crippen molar-refractivity contribution in [3.05, 3.63) is 56.1 Å². The lowest BCUT2D eigenvalue weighted by molar-refractivity contribution is 0.102. The van der Waals surface area contributed by atoms with Crippen LogP contribution in [0.4, 0.5) is 5.69 Å². The fourth-order valence-corrected chi connectivity index (χ4v) is 3.47. The summed E-state index contributed by atoms with van der Waals surface area (Å²) in [6.07, 6.45) is 0. The number of nitrogens with zero attached hydrogens (tertiary/aromatic N) is 1. The maximum atomic E-state index is 12.4. The van der Waals surface area contributed by atoms with Crippen LogP contribution in [0.2, 0.25) is 0 Å². The van der Waals surface area contributed by atoms with Crippen LogP contribution in [0.15, 0.2) is 45.0 Å². The van der Waals surface area contributed by atoms with Gasteiger partial charge in [0.2, 0.25) is 0 Å². The number of thiophene rings is 1. The van der Waals surface area contributed by atoms with Crippen LogP contribution in [0.25, 0.3) is 10.2 Å². The second-order valence-electron chi connectivity index (χ2n) is 4.69. The smallest absolute Gasteiger partial charge is 0.267 e. The van der Waals surface area contributed by atoms with Crippen molar-refractivity contribution in [1.82, 2.24) is 4.57 Å². The number of pyridine rings is 1. The van der Waals surface area contributed by atoms with E-state index in [9.17, 15) is 14.7 Å². The lowest BCUT2D eigenvalue weighted by Crippen LogP contribution is -2.27. The molecule has 1 aromatic carbocycles. The summed E-state index contributed by atoms with van der Waals surface area (Å²) < 4.78 is 2.68. The van der Waals surface area contributed by atoms with Crippen LogP contribution in [0, 0.1) is 0 Å². The van der Waals surface area contributed by atoms with Gasteiger partial charge in [-0.3, -0.25) is 9.59 Å². The van der Waals surface area contributed by atoms with Gasteiger partial charge >= 0.3 is 0 Å². The van der Waals surface area contributed by atoms with Crippen LogP contribution in [0.1, 0.15) is 10.4 Å². The van der Waals surface area contributed by atoms with E-state index >= 15 is 0 Å². The lowest BCUT2D eigenvalue weighted by Gasteiger charge is -2.09. The van der Waals surface area contributed by atoms with Gasteiger partial charge in [-0.2, -0.15) is 0 Å². The number of hydrogen-bond donors (Lipinski definition) is 2. The molecule has 0 spiro atoms. The number of hydrogen-bond acceptors (Lipinski definition) is 4. The van der Waals surface area contributed by atoms with E-state index < -0.39 is 11.5 Å². The number of aryl methyl sites for hydroxylation is 1. The van der Waals surface area contributed by atoms with Gasteiger partial charge < -0.3 is 15.0 Å².